The molecule has 2 saturated heterocycles. The summed E-state index contributed by atoms with van der Waals surface area (Å²) in [5, 5.41) is 23.6. The summed E-state index contributed by atoms with van der Waals surface area (Å²) in [6.07, 6.45) is 6.07. The summed E-state index contributed by atoms with van der Waals surface area (Å²) in [5.74, 6) is 1.32. The molecule has 1 aromatic carbocycles. The first-order valence-corrected chi connectivity index (χ1v) is 13.6. The van der Waals surface area contributed by atoms with Crippen LogP contribution in [-0.2, 0) is 23.1 Å². The van der Waals surface area contributed by atoms with Crippen molar-refractivity contribution in [2.45, 2.75) is 61.7 Å². The molecule has 184 valence electrons. The molecule has 1 amide bonds. The first kappa shape index (κ1) is 22.1. The number of halogens is 1. The van der Waals surface area contributed by atoms with E-state index in [0.717, 1.165) is 48.7 Å². The summed E-state index contributed by atoms with van der Waals surface area (Å²) < 4.78 is 7.15. The van der Waals surface area contributed by atoms with Crippen molar-refractivity contribution in [3.63, 3.8) is 0 Å². The number of likely N-dealkylation sites (tertiary alicyclic amines) is 2. The molecule has 35 heavy (non-hydrogen) atoms. The van der Waals surface area contributed by atoms with E-state index in [0.29, 0.717) is 29.7 Å². The molecule has 1 aromatic heterocycles. The summed E-state index contributed by atoms with van der Waals surface area (Å²) in [6, 6.07) is 7.60. The molecule has 4 heterocycles. The molecule has 3 aliphatic heterocycles. The fourth-order valence-corrected chi connectivity index (χ4v) is 7.90. The molecule has 2 bridgehead atoms. The topological polar surface area (TPSA) is 86.1 Å². The number of rotatable bonds is 4. The summed E-state index contributed by atoms with van der Waals surface area (Å²) in [6.45, 7) is 2.82. The van der Waals surface area contributed by atoms with Crippen LogP contribution in [-0.4, -0.2) is 74.8 Å². The number of aromatic hydroxyl groups is 1. The Morgan fingerprint density at radius 3 is 2.89 bits per heavy atom. The van der Waals surface area contributed by atoms with Gasteiger partial charge in [0.05, 0.1) is 28.5 Å². The first-order chi connectivity index (χ1) is 16.9. The van der Waals surface area contributed by atoms with Crippen molar-refractivity contribution >= 4 is 21.8 Å². The third-order valence-electron chi connectivity index (χ3n) is 9.27. The smallest absolute Gasteiger partial charge is 0.228 e. The zero-order valence-corrected chi connectivity index (χ0v) is 21.2. The van der Waals surface area contributed by atoms with E-state index in [9.17, 15) is 15.0 Å². The van der Waals surface area contributed by atoms with Crippen LogP contribution in [0.3, 0.4) is 0 Å². The van der Waals surface area contributed by atoms with E-state index >= 15 is 0 Å². The van der Waals surface area contributed by atoms with E-state index in [4.69, 9.17) is 4.74 Å². The van der Waals surface area contributed by atoms with Gasteiger partial charge in [-0.05, 0) is 84.3 Å². The Kier molecular flexibility index (Phi) is 4.84. The third kappa shape index (κ3) is 3.09. The third-order valence-corrected chi connectivity index (χ3v) is 9.87. The molecule has 7 nitrogen and oxygen atoms in total. The van der Waals surface area contributed by atoms with Gasteiger partial charge in [0.25, 0.3) is 0 Å². The number of phenols is 1. The molecule has 8 heteroatoms. The average molecular weight is 540 g/mol. The number of ether oxygens (including phenoxy) is 1. The molecule has 0 unspecified atom stereocenters. The zero-order valence-electron chi connectivity index (χ0n) is 19.6. The number of benzene rings is 1. The standard InChI is InChI=1S/C27H30BrN3O4/c28-19-11-17-12-20-27(34)7-10-31(22(32)13-18-3-1-2-8-29-18)15-21-26(27,23(17)25(35-21)24(19)33)6-9-30(20)14-16-4-5-16/h1-3,8,11,16,20-21,33-34H,4-7,9-10,12-15H2/t20-,21+,26-,27-/m1/s1. The van der Waals surface area contributed by atoms with Gasteiger partial charge in [-0.1, -0.05) is 6.07 Å². The highest BCUT2D eigenvalue weighted by atomic mass is 79.9. The average Bonchev–Trinajstić information content (AvgIpc) is 3.61. The Hall–Kier alpha value is -2.16. The predicted octanol–water partition coefficient (Wildman–Crippen LogP) is 2.80. The molecular formula is C27H30BrN3O4. The van der Waals surface area contributed by atoms with Crippen molar-refractivity contribution in [1.82, 2.24) is 14.8 Å². The van der Waals surface area contributed by atoms with Gasteiger partial charge >= 0.3 is 0 Å². The number of carbonyl (C=O) groups is 1. The second-order valence-corrected chi connectivity index (χ2v) is 11.9. The molecule has 1 saturated carbocycles. The largest absolute Gasteiger partial charge is 0.503 e. The number of amides is 1. The summed E-state index contributed by atoms with van der Waals surface area (Å²) >= 11 is 3.52. The van der Waals surface area contributed by atoms with E-state index in [2.05, 4.69) is 25.8 Å². The maximum Gasteiger partial charge on any atom is 0.228 e. The lowest BCUT2D eigenvalue weighted by atomic mass is 9.52. The lowest BCUT2D eigenvalue weighted by molar-refractivity contribution is -0.162. The summed E-state index contributed by atoms with van der Waals surface area (Å²) in [4.78, 5) is 22.1. The maximum absolute atomic E-state index is 13.4. The maximum atomic E-state index is 13.4. The van der Waals surface area contributed by atoms with Gasteiger partial charge in [0.1, 0.15) is 6.10 Å². The second kappa shape index (κ2) is 7.67. The minimum atomic E-state index is -1.02. The van der Waals surface area contributed by atoms with Crippen molar-refractivity contribution in [3.8, 4) is 11.5 Å². The highest BCUT2D eigenvalue weighted by Crippen LogP contribution is 2.64. The van der Waals surface area contributed by atoms with Crippen LogP contribution in [0.1, 0.15) is 42.5 Å². The van der Waals surface area contributed by atoms with E-state index < -0.39 is 17.1 Å². The summed E-state index contributed by atoms with van der Waals surface area (Å²) in [7, 11) is 0. The van der Waals surface area contributed by atoms with E-state index in [1.807, 2.05) is 29.2 Å². The highest BCUT2D eigenvalue weighted by molar-refractivity contribution is 9.10. The number of carbonyl (C=O) groups excluding carboxylic acids is 1. The van der Waals surface area contributed by atoms with Crippen LogP contribution in [0.4, 0.5) is 0 Å². The predicted molar refractivity (Wildman–Crippen MR) is 132 cm³/mol. The van der Waals surface area contributed by atoms with Crippen LogP contribution in [0.5, 0.6) is 11.5 Å². The van der Waals surface area contributed by atoms with Crippen LogP contribution >= 0.6 is 15.9 Å². The van der Waals surface area contributed by atoms with Gasteiger partial charge in [0, 0.05) is 36.6 Å². The number of aromatic nitrogens is 1. The molecule has 4 atom stereocenters. The highest BCUT2D eigenvalue weighted by Gasteiger charge is 2.71. The number of hydrogen-bond acceptors (Lipinski definition) is 6. The number of piperidine rings is 1. The van der Waals surface area contributed by atoms with Crippen LogP contribution in [0, 0.1) is 5.92 Å². The minimum Gasteiger partial charge on any atom is -0.503 e. The van der Waals surface area contributed by atoms with Crippen LogP contribution in [0.15, 0.2) is 34.9 Å². The molecule has 0 radical (unpaired) electrons. The molecule has 2 N–H and O–H groups in total. The van der Waals surface area contributed by atoms with Crippen LogP contribution in [0.2, 0.25) is 0 Å². The quantitative estimate of drug-likeness (QED) is 0.621. The first-order valence-electron chi connectivity index (χ1n) is 12.8. The van der Waals surface area contributed by atoms with Crippen molar-refractivity contribution in [3.05, 3.63) is 51.8 Å². The zero-order chi connectivity index (χ0) is 23.9. The molecule has 2 aliphatic carbocycles. The van der Waals surface area contributed by atoms with Crippen molar-refractivity contribution in [2.24, 2.45) is 5.92 Å². The lowest BCUT2D eigenvalue weighted by Crippen LogP contribution is -2.74. The molecular weight excluding hydrogens is 510 g/mol. The van der Waals surface area contributed by atoms with Crippen LogP contribution in [0.25, 0.3) is 0 Å². The van der Waals surface area contributed by atoms with Crippen molar-refractivity contribution in [1.29, 1.82) is 0 Å². The van der Waals surface area contributed by atoms with E-state index in [1.54, 1.807) is 6.20 Å². The van der Waals surface area contributed by atoms with Gasteiger partial charge < -0.3 is 19.8 Å². The van der Waals surface area contributed by atoms with Gasteiger partial charge in [0.15, 0.2) is 11.5 Å². The minimum absolute atomic E-state index is 0.00286. The van der Waals surface area contributed by atoms with Crippen molar-refractivity contribution in [2.75, 3.05) is 26.2 Å². The molecule has 1 spiro atoms. The SMILES string of the molecule is O=C(Cc1ccccn1)N1CC[C@@]2(O)[C@H]3Cc4cc(Br)c(O)c5c4[C@@]2(CCN3CC2CC2)[C@H](C1)O5. The Morgan fingerprint density at radius 1 is 1.26 bits per heavy atom. The number of nitrogens with zero attached hydrogens (tertiary/aromatic N) is 3. The van der Waals surface area contributed by atoms with Crippen LogP contribution < -0.4 is 4.74 Å². The van der Waals surface area contributed by atoms with E-state index in [-0.39, 0.29) is 24.1 Å². The monoisotopic (exact) mass is 539 g/mol. The Morgan fingerprint density at radius 2 is 2.11 bits per heavy atom. The van der Waals surface area contributed by atoms with Gasteiger partial charge in [-0.25, -0.2) is 0 Å². The number of hydrogen-bond donors (Lipinski definition) is 2. The fraction of sp³-hybridized carbons (Fsp3) is 0.556. The lowest BCUT2D eigenvalue weighted by Gasteiger charge is -2.60. The molecule has 5 aliphatic rings. The normalized spacial score (nSPS) is 33.1. The summed E-state index contributed by atoms with van der Waals surface area (Å²) in [5.41, 5.74) is 1.22. The fourth-order valence-electron chi connectivity index (χ4n) is 7.44. The number of phenolic OH excluding ortho intramolecular Hbond substituents is 1. The Balaban J connectivity index is 1.31. The second-order valence-electron chi connectivity index (χ2n) is 11.1. The van der Waals surface area contributed by atoms with Gasteiger partial charge in [-0.15, -0.1) is 0 Å². The van der Waals surface area contributed by atoms with Gasteiger partial charge in [-0.3, -0.25) is 14.7 Å². The number of aliphatic hydroxyl groups is 1. The van der Waals surface area contributed by atoms with Gasteiger partial charge in [-0.2, -0.15) is 0 Å². The molecule has 7 rings (SSSR count). The van der Waals surface area contributed by atoms with Crippen molar-refractivity contribution < 1.29 is 19.7 Å². The molecule has 2 aromatic rings. The Bertz CT molecular complexity index is 1200. The van der Waals surface area contributed by atoms with E-state index in [1.165, 1.54) is 12.8 Å². The van der Waals surface area contributed by atoms with Gasteiger partial charge in [0.2, 0.25) is 5.91 Å². The molecule has 3 fully saturated rings. The number of pyridine rings is 1. The Labute approximate surface area is 213 Å².